The van der Waals surface area contributed by atoms with E-state index < -0.39 is 0 Å². The Morgan fingerprint density at radius 1 is 1.19 bits per heavy atom. The fourth-order valence-corrected chi connectivity index (χ4v) is 4.10. The van der Waals surface area contributed by atoms with Crippen LogP contribution in [0.3, 0.4) is 0 Å². The molecule has 1 heterocycles. The van der Waals surface area contributed by atoms with Crippen molar-refractivity contribution in [2.75, 3.05) is 40.8 Å². The molecule has 0 aliphatic heterocycles. The summed E-state index contributed by atoms with van der Waals surface area (Å²) in [6.45, 7) is 1.89. The van der Waals surface area contributed by atoms with E-state index in [4.69, 9.17) is 0 Å². The van der Waals surface area contributed by atoms with Gasteiger partial charge in [0.05, 0.1) is 10.3 Å². The van der Waals surface area contributed by atoms with Crippen molar-refractivity contribution in [3.63, 3.8) is 0 Å². The largest absolute Gasteiger partial charge is 0.356 e. The lowest BCUT2D eigenvalue weighted by Gasteiger charge is -2.31. The second-order valence-electron chi connectivity index (χ2n) is 7.13. The van der Waals surface area contributed by atoms with Crippen LogP contribution in [0.5, 0.6) is 0 Å². The first kappa shape index (κ1) is 21.2. The van der Waals surface area contributed by atoms with Gasteiger partial charge in [0, 0.05) is 40.8 Å². The molecule has 1 aromatic heterocycles. The highest BCUT2D eigenvalue weighted by Gasteiger charge is 2.42. The number of carbonyl (C=O) groups excluding carboxylic acids is 2. The zero-order valence-corrected chi connectivity index (χ0v) is 17.3. The minimum absolute atomic E-state index is 0.0297. The first-order chi connectivity index (χ1) is 13.0. The average molecular weight is 394 g/mol. The van der Waals surface area contributed by atoms with Gasteiger partial charge in [-0.05, 0) is 30.7 Å². The molecule has 0 bridgehead atoms. The summed E-state index contributed by atoms with van der Waals surface area (Å²) in [5, 5.41) is 11.4. The van der Waals surface area contributed by atoms with E-state index in [1.165, 1.54) is 11.3 Å². The van der Waals surface area contributed by atoms with E-state index in [1.54, 1.807) is 11.9 Å². The zero-order chi connectivity index (χ0) is 19.7. The lowest BCUT2D eigenvalue weighted by Crippen LogP contribution is -2.49. The molecule has 0 aromatic carbocycles. The first-order valence-electron chi connectivity index (χ1n) is 9.46. The maximum Gasteiger partial charge on any atom is 0.261 e. The number of hydrogen-bond donors (Lipinski definition) is 3. The van der Waals surface area contributed by atoms with E-state index in [2.05, 4.69) is 20.9 Å². The van der Waals surface area contributed by atoms with Crippen LogP contribution in [0.25, 0.3) is 0 Å². The second-order valence-corrected chi connectivity index (χ2v) is 8.07. The fourth-order valence-electron chi connectivity index (χ4n) is 3.46. The number of thiophene rings is 1. The normalized spacial score (nSPS) is 16.0. The van der Waals surface area contributed by atoms with Gasteiger partial charge in [0.15, 0.2) is 5.96 Å². The van der Waals surface area contributed by atoms with Gasteiger partial charge < -0.3 is 20.9 Å². The van der Waals surface area contributed by atoms with Gasteiger partial charge in [-0.15, -0.1) is 11.3 Å². The van der Waals surface area contributed by atoms with Crippen LogP contribution in [0.1, 0.15) is 41.8 Å². The first-order valence-corrected chi connectivity index (χ1v) is 10.3. The van der Waals surface area contributed by atoms with Crippen LogP contribution in [0.2, 0.25) is 0 Å². The van der Waals surface area contributed by atoms with Crippen molar-refractivity contribution in [1.82, 2.24) is 20.9 Å². The van der Waals surface area contributed by atoms with E-state index in [0.717, 1.165) is 37.0 Å². The van der Waals surface area contributed by atoms with Crippen molar-refractivity contribution >= 4 is 29.1 Å². The summed E-state index contributed by atoms with van der Waals surface area (Å²) in [6.07, 6.45) is 4.82. The van der Waals surface area contributed by atoms with Crippen LogP contribution in [-0.2, 0) is 4.79 Å². The maximum absolute atomic E-state index is 12.6. The molecule has 2 amide bonds. The average Bonchev–Trinajstić information content (AvgIpc) is 3.35. The highest BCUT2D eigenvalue weighted by Crippen LogP contribution is 2.38. The zero-order valence-electron chi connectivity index (χ0n) is 16.5. The Kier molecular flexibility index (Phi) is 8.09. The highest BCUT2D eigenvalue weighted by molar-refractivity contribution is 7.12. The smallest absolute Gasteiger partial charge is 0.261 e. The Morgan fingerprint density at radius 2 is 1.89 bits per heavy atom. The summed E-state index contributed by atoms with van der Waals surface area (Å²) in [7, 11) is 5.36. The number of rotatable bonds is 8. The number of amides is 2. The second kappa shape index (κ2) is 10.3. The Morgan fingerprint density at radius 3 is 2.48 bits per heavy atom. The Hall–Kier alpha value is -2.09. The maximum atomic E-state index is 12.6. The predicted octanol–water partition coefficient (Wildman–Crippen LogP) is 1.68. The molecule has 8 heteroatoms. The third-order valence-electron chi connectivity index (χ3n) is 4.91. The number of hydrogen-bond acceptors (Lipinski definition) is 4. The standard InChI is InChI=1S/C19H31N5O2S/c1-20-18(22-12-7-11-21-16(25)15-8-6-13-27-15)23-14-19(9-4-5-10-19)17(26)24(2)3/h6,8,13H,4-5,7,9-12,14H2,1-3H3,(H,21,25)(H2,20,22,23). The summed E-state index contributed by atoms with van der Waals surface area (Å²) >= 11 is 1.44. The van der Waals surface area contributed by atoms with Gasteiger partial charge in [-0.1, -0.05) is 18.9 Å². The Bertz CT molecular complexity index is 637. The van der Waals surface area contributed by atoms with Crippen LogP contribution in [0.15, 0.2) is 22.5 Å². The third kappa shape index (κ3) is 5.95. The van der Waals surface area contributed by atoms with Gasteiger partial charge in [0.1, 0.15) is 0 Å². The molecule has 27 heavy (non-hydrogen) atoms. The molecular formula is C19H31N5O2S. The molecule has 1 saturated carbocycles. The minimum Gasteiger partial charge on any atom is -0.356 e. The van der Waals surface area contributed by atoms with E-state index in [0.29, 0.717) is 25.6 Å². The number of nitrogens with one attached hydrogen (secondary N) is 3. The molecular weight excluding hydrogens is 362 g/mol. The number of carbonyl (C=O) groups is 2. The molecule has 0 atom stereocenters. The van der Waals surface area contributed by atoms with Gasteiger partial charge >= 0.3 is 0 Å². The SMILES string of the molecule is CN=C(NCCCNC(=O)c1cccs1)NCC1(C(=O)N(C)C)CCCC1. The van der Waals surface area contributed by atoms with Crippen LogP contribution in [0, 0.1) is 5.41 Å². The molecule has 2 rings (SSSR count). The van der Waals surface area contributed by atoms with E-state index in [1.807, 2.05) is 31.6 Å². The fraction of sp³-hybridized carbons (Fsp3) is 0.632. The minimum atomic E-state index is -0.324. The Labute approximate surface area is 165 Å². The summed E-state index contributed by atoms with van der Waals surface area (Å²) in [6, 6.07) is 3.69. The summed E-state index contributed by atoms with van der Waals surface area (Å²) < 4.78 is 0. The van der Waals surface area contributed by atoms with Gasteiger partial charge in [-0.2, -0.15) is 0 Å². The lowest BCUT2D eigenvalue weighted by molar-refractivity contribution is -0.138. The van der Waals surface area contributed by atoms with Gasteiger partial charge in [0.25, 0.3) is 5.91 Å². The van der Waals surface area contributed by atoms with Crippen molar-refractivity contribution in [2.24, 2.45) is 10.4 Å². The van der Waals surface area contributed by atoms with Crippen LogP contribution in [-0.4, -0.2) is 63.5 Å². The number of aliphatic imine (C=N–C) groups is 1. The molecule has 0 radical (unpaired) electrons. The summed E-state index contributed by atoms with van der Waals surface area (Å²) in [5.41, 5.74) is -0.324. The van der Waals surface area contributed by atoms with E-state index >= 15 is 0 Å². The molecule has 1 fully saturated rings. The Balaban J connectivity index is 1.71. The molecule has 1 aliphatic carbocycles. The molecule has 0 spiro atoms. The third-order valence-corrected chi connectivity index (χ3v) is 5.78. The van der Waals surface area contributed by atoms with Crippen LogP contribution in [0.4, 0.5) is 0 Å². The van der Waals surface area contributed by atoms with E-state index in [-0.39, 0.29) is 17.2 Å². The highest BCUT2D eigenvalue weighted by atomic mass is 32.1. The van der Waals surface area contributed by atoms with Crippen LogP contribution < -0.4 is 16.0 Å². The van der Waals surface area contributed by atoms with Crippen LogP contribution >= 0.6 is 11.3 Å². The van der Waals surface area contributed by atoms with Gasteiger partial charge in [-0.25, -0.2) is 0 Å². The monoisotopic (exact) mass is 393 g/mol. The van der Waals surface area contributed by atoms with E-state index in [9.17, 15) is 9.59 Å². The number of nitrogens with zero attached hydrogens (tertiary/aromatic N) is 2. The lowest BCUT2D eigenvalue weighted by atomic mass is 9.84. The summed E-state index contributed by atoms with van der Waals surface area (Å²) in [4.78, 5) is 31.1. The number of guanidine groups is 1. The van der Waals surface area contributed by atoms with Crippen molar-refractivity contribution in [2.45, 2.75) is 32.1 Å². The van der Waals surface area contributed by atoms with Gasteiger partial charge in [-0.3, -0.25) is 14.6 Å². The molecule has 1 aromatic rings. The van der Waals surface area contributed by atoms with Crippen molar-refractivity contribution in [1.29, 1.82) is 0 Å². The van der Waals surface area contributed by atoms with Crippen molar-refractivity contribution in [3.8, 4) is 0 Å². The molecule has 7 nitrogen and oxygen atoms in total. The molecule has 3 N–H and O–H groups in total. The molecule has 0 saturated heterocycles. The predicted molar refractivity (Wildman–Crippen MR) is 110 cm³/mol. The van der Waals surface area contributed by atoms with Crippen molar-refractivity contribution in [3.05, 3.63) is 22.4 Å². The molecule has 0 unspecified atom stereocenters. The molecule has 1 aliphatic rings. The molecule has 150 valence electrons. The summed E-state index contributed by atoms with van der Waals surface area (Å²) in [5.74, 6) is 0.856. The quantitative estimate of drug-likeness (QED) is 0.356. The topological polar surface area (TPSA) is 85.8 Å². The van der Waals surface area contributed by atoms with Gasteiger partial charge in [0.2, 0.25) is 5.91 Å². The van der Waals surface area contributed by atoms with Crippen molar-refractivity contribution < 1.29 is 9.59 Å².